The van der Waals surface area contributed by atoms with E-state index in [4.69, 9.17) is 10.2 Å². The van der Waals surface area contributed by atoms with Crippen molar-refractivity contribution in [3.63, 3.8) is 0 Å². The smallest absolute Gasteiger partial charge is 0.197 e. The van der Waals surface area contributed by atoms with E-state index in [0.717, 1.165) is 0 Å². The van der Waals surface area contributed by atoms with Crippen LogP contribution in [0.2, 0.25) is 0 Å². The number of halogens is 1. The molecule has 0 amide bonds. The molecule has 0 aliphatic carbocycles. The van der Waals surface area contributed by atoms with Gasteiger partial charge in [-0.2, -0.15) is 0 Å². The summed E-state index contributed by atoms with van der Waals surface area (Å²) in [7, 11) is 0. The fourth-order valence-electron chi connectivity index (χ4n) is 0.926. The van der Waals surface area contributed by atoms with E-state index in [-0.39, 0.29) is 0 Å². The molecular formula is C8H6BrN3O. The van der Waals surface area contributed by atoms with Crippen LogP contribution in [0.5, 0.6) is 0 Å². The van der Waals surface area contributed by atoms with Gasteiger partial charge in [0.15, 0.2) is 16.3 Å². The number of nitrogens with zero attached hydrogens (tertiary/aromatic N) is 2. The predicted molar refractivity (Wildman–Crippen MR) is 51.8 cm³/mol. The van der Waals surface area contributed by atoms with Crippen LogP contribution in [0.25, 0.3) is 11.6 Å². The minimum atomic E-state index is 0.428. The van der Waals surface area contributed by atoms with Crippen LogP contribution in [-0.4, -0.2) is 9.97 Å². The monoisotopic (exact) mass is 239 g/mol. The molecule has 0 atom stereocenters. The molecule has 0 aliphatic heterocycles. The molecule has 0 fully saturated rings. The molecular weight excluding hydrogens is 234 g/mol. The Morgan fingerprint density at radius 2 is 2.15 bits per heavy atom. The van der Waals surface area contributed by atoms with Crippen molar-refractivity contribution in [2.45, 2.75) is 0 Å². The maximum Gasteiger partial charge on any atom is 0.197 e. The normalized spacial score (nSPS) is 10.2. The molecule has 0 radical (unpaired) electrons. The van der Waals surface area contributed by atoms with Gasteiger partial charge in [0.2, 0.25) is 0 Å². The minimum absolute atomic E-state index is 0.428. The fraction of sp³-hybridized carbons (Fsp3) is 0. The highest BCUT2D eigenvalue weighted by atomic mass is 79.9. The molecule has 2 aromatic rings. The Hall–Kier alpha value is -1.36. The Bertz CT molecular complexity index is 427. The molecule has 0 spiro atoms. The number of rotatable bonds is 1. The van der Waals surface area contributed by atoms with Crippen molar-refractivity contribution in [1.82, 2.24) is 9.97 Å². The first kappa shape index (κ1) is 8.25. The molecule has 2 rings (SSSR count). The number of nitrogens with two attached hydrogens (primary N) is 1. The highest BCUT2D eigenvalue weighted by Gasteiger charge is 2.05. The van der Waals surface area contributed by atoms with Gasteiger partial charge in [-0.15, -0.1) is 0 Å². The van der Waals surface area contributed by atoms with Crippen molar-refractivity contribution in [1.29, 1.82) is 0 Å². The lowest BCUT2D eigenvalue weighted by Gasteiger charge is -1.95. The summed E-state index contributed by atoms with van der Waals surface area (Å²) in [5, 5.41) is 0. The molecule has 66 valence electrons. The fourth-order valence-corrected chi connectivity index (χ4v) is 1.23. The third-order valence-electron chi connectivity index (χ3n) is 1.47. The van der Waals surface area contributed by atoms with Gasteiger partial charge in [0.05, 0.1) is 0 Å². The molecule has 0 saturated heterocycles. The van der Waals surface area contributed by atoms with Gasteiger partial charge in [0.25, 0.3) is 0 Å². The van der Waals surface area contributed by atoms with E-state index in [0.29, 0.717) is 22.1 Å². The average Bonchev–Trinajstić information content (AvgIpc) is 2.52. The third-order valence-corrected chi connectivity index (χ3v) is 1.90. The van der Waals surface area contributed by atoms with Crippen LogP contribution in [0, 0.1) is 0 Å². The topological polar surface area (TPSA) is 64.9 Å². The molecule has 2 heterocycles. The van der Waals surface area contributed by atoms with Crippen molar-refractivity contribution >= 4 is 21.7 Å². The van der Waals surface area contributed by atoms with Crippen molar-refractivity contribution in [2.75, 3.05) is 5.73 Å². The Kier molecular flexibility index (Phi) is 2.02. The molecule has 5 heteroatoms. The number of nitrogen functional groups attached to an aromatic ring is 1. The largest absolute Gasteiger partial charge is 0.446 e. The van der Waals surface area contributed by atoms with Crippen molar-refractivity contribution < 1.29 is 4.42 Å². The van der Waals surface area contributed by atoms with E-state index in [9.17, 15) is 0 Å². The van der Waals surface area contributed by atoms with Crippen LogP contribution in [0.1, 0.15) is 0 Å². The molecule has 4 nitrogen and oxygen atoms in total. The van der Waals surface area contributed by atoms with Crippen molar-refractivity contribution in [3.05, 3.63) is 29.1 Å². The summed E-state index contributed by atoms with van der Waals surface area (Å²) < 4.78 is 5.91. The van der Waals surface area contributed by atoms with Crippen LogP contribution in [-0.2, 0) is 0 Å². The maximum absolute atomic E-state index is 5.50. The van der Waals surface area contributed by atoms with Gasteiger partial charge in [-0.25, -0.2) is 9.97 Å². The van der Waals surface area contributed by atoms with Gasteiger partial charge in [-0.05, 0) is 34.1 Å². The SMILES string of the molecule is Nc1ccnc(-c2ccc(Br)o2)n1. The number of furan rings is 1. The molecule has 13 heavy (non-hydrogen) atoms. The first-order valence-electron chi connectivity index (χ1n) is 3.60. The van der Waals surface area contributed by atoms with E-state index in [1.54, 1.807) is 24.4 Å². The van der Waals surface area contributed by atoms with E-state index in [2.05, 4.69) is 25.9 Å². The summed E-state index contributed by atoms with van der Waals surface area (Å²) in [6.07, 6.45) is 1.59. The number of anilines is 1. The summed E-state index contributed by atoms with van der Waals surface area (Å²) in [4.78, 5) is 8.03. The van der Waals surface area contributed by atoms with Crippen LogP contribution in [0.3, 0.4) is 0 Å². The Morgan fingerprint density at radius 1 is 1.31 bits per heavy atom. The predicted octanol–water partition coefficient (Wildman–Crippen LogP) is 2.08. The summed E-state index contributed by atoms with van der Waals surface area (Å²) in [5.74, 6) is 1.52. The van der Waals surface area contributed by atoms with Gasteiger partial charge >= 0.3 is 0 Å². The Morgan fingerprint density at radius 3 is 2.77 bits per heavy atom. The summed E-state index contributed by atoms with van der Waals surface area (Å²) in [6, 6.07) is 5.18. The van der Waals surface area contributed by atoms with E-state index in [1.165, 1.54) is 0 Å². The van der Waals surface area contributed by atoms with Crippen LogP contribution in [0.15, 0.2) is 33.5 Å². The van der Waals surface area contributed by atoms with Crippen LogP contribution >= 0.6 is 15.9 Å². The lowest BCUT2D eigenvalue weighted by molar-refractivity contribution is 0.551. The summed E-state index contributed by atoms with van der Waals surface area (Å²) >= 11 is 3.19. The first-order valence-corrected chi connectivity index (χ1v) is 4.39. The Balaban J connectivity index is 2.46. The number of hydrogen-bond donors (Lipinski definition) is 1. The van der Waals surface area contributed by atoms with Crippen LogP contribution in [0.4, 0.5) is 5.82 Å². The van der Waals surface area contributed by atoms with Gasteiger partial charge in [-0.3, -0.25) is 0 Å². The quantitative estimate of drug-likeness (QED) is 0.828. The molecule has 2 aromatic heterocycles. The highest BCUT2D eigenvalue weighted by Crippen LogP contribution is 2.21. The second kappa shape index (κ2) is 3.18. The van der Waals surface area contributed by atoms with Crippen molar-refractivity contribution in [2.24, 2.45) is 0 Å². The second-order valence-electron chi connectivity index (χ2n) is 2.41. The molecule has 0 saturated carbocycles. The van der Waals surface area contributed by atoms with E-state index in [1.807, 2.05) is 0 Å². The standard InChI is InChI=1S/C8H6BrN3O/c9-6-2-1-5(13-6)8-11-4-3-7(10)12-8/h1-4H,(H2,10,11,12). The van der Waals surface area contributed by atoms with Gasteiger partial charge < -0.3 is 10.2 Å². The first-order chi connectivity index (χ1) is 6.25. The van der Waals surface area contributed by atoms with E-state index < -0.39 is 0 Å². The maximum atomic E-state index is 5.50. The zero-order chi connectivity index (χ0) is 9.26. The van der Waals surface area contributed by atoms with Crippen LogP contribution < -0.4 is 5.73 Å². The van der Waals surface area contributed by atoms with Gasteiger partial charge in [0.1, 0.15) is 5.82 Å². The average molecular weight is 240 g/mol. The van der Waals surface area contributed by atoms with E-state index >= 15 is 0 Å². The summed E-state index contributed by atoms with van der Waals surface area (Å²) in [5.41, 5.74) is 5.50. The van der Waals surface area contributed by atoms with Gasteiger partial charge in [0, 0.05) is 6.20 Å². The second-order valence-corrected chi connectivity index (χ2v) is 3.19. The summed E-state index contributed by atoms with van der Waals surface area (Å²) in [6.45, 7) is 0. The lowest BCUT2D eigenvalue weighted by atomic mass is 10.4. The molecule has 0 aromatic carbocycles. The molecule has 2 N–H and O–H groups in total. The molecule has 0 unspecified atom stereocenters. The highest BCUT2D eigenvalue weighted by molar-refractivity contribution is 9.10. The number of hydrogen-bond acceptors (Lipinski definition) is 4. The zero-order valence-electron chi connectivity index (χ0n) is 6.57. The van der Waals surface area contributed by atoms with Gasteiger partial charge in [-0.1, -0.05) is 0 Å². The lowest BCUT2D eigenvalue weighted by Crippen LogP contribution is -1.93. The third kappa shape index (κ3) is 1.70. The molecule has 0 bridgehead atoms. The minimum Gasteiger partial charge on any atom is -0.446 e. The van der Waals surface area contributed by atoms with Crippen molar-refractivity contribution in [3.8, 4) is 11.6 Å². The Labute approximate surface area is 82.9 Å². The molecule has 0 aliphatic rings. The zero-order valence-corrected chi connectivity index (χ0v) is 8.15. The number of aromatic nitrogens is 2.